The van der Waals surface area contributed by atoms with Gasteiger partial charge in [-0.05, 0) is 70.1 Å². The number of amides is 2. The fourth-order valence-electron chi connectivity index (χ4n) is 7.88. The number of benzene rings is 1. The topological polar surface area (TPSA) is 174 Å². The number of rotatable bonds is 7. The van der Waals surface area contributed by atoms with Crippen molar-refractivity contribution in [3.63, 3.8) is 0 Å². The number of halogens is 4. The van der Waals surface area contributed by atoms with Crippen LogP contribution in [0.2, 0.25) is 5.02 Å². The van der Waals surface area contributed by atoms with Crippen LogP contribution in [0.5, 0.6) is 5.75 Å². The number of nitrogens with zero attached hydrogens (tertiary/aromatic N) is 8. The van der Waals surface area contributed by atoms with E-state index < -0.39 is 41.2 Å². The number of fused-ring (bicyclic) bond motifs is 1. The van der Waals surface area contributed by atoms with Gasteiger partial charge in [0.1, 0.15) is 18.1 Å². The molecule has 3 N–H and O–H groups in total. The summed E-state index contributed by atoms with van der Waals surface area (Å²) in [7, 11) is 0. The molecule has 3 aromatic heterocycles. The number of ether oxygens (including phenoxy) is 1. The van der Waals surface area contributed by atoms with Crippen molar-refractivity contribution in [3.05, 3.63) is 80.0 Å². The van der Waals surface area contributed by atoms with Gasteiger partial charge in [0.25, 0.3) is 11.5 Å². The quantitative estimate of drug-likeness (QED) is 0.273. The lowest BCUT2D eigenvalue weighted by Crippen LogP contribution is -2.55. The molecular formula is C36H39ClF3N9O5. The number of alkyl halides is 3. The van der Waals surface area contributed by atoms with E-state index in [1.54, 1.807) is 30.6 Å². The number of anilines is 1. The van der Waals surface area contributed by atoms with Gasteiger partial charge in [-0.15, -0.1) is 5.10 Å². The van der Waals surface area contributed by atoms with E-state index in [-0.39, 0.29) is 76.7 Å². The van der Waals surface area contributed by atoms with Crippen LogP contribution in [0.25, 0.3) is 11.4 Å². The number of primary amides is 1. The van der Waals surface area contributed by atoms with Gasteiger partial charge >= 0.3 is 6.18 Å². The molecule has 0 bridgehead atoms. The predicted octanol–water partition coefficient (Wildman–Crippen LogP) is 4.47. The van der Waals surface area contributed by atoms with Crippen LogP contribution >= 0.6 is 11.6 Å². The lowest BCUT2D eigenvalue weighted by atomic mass is 9.83. The number of nitrogens with two attached hydrogens (primary N) is 1. The minimum atomic E-state index is -4.69. The largest absolute Gasteiger partial charge is 0.504 e. The molecule has 1 spiro atoms. The highest BCUT2D eigenvalue weighted by Gasteiger charge is 2.39. The molecule has 2 amide bonds. The highest BCUT2D eigenvalue weighted by Crippen LogP contribution is 2.41. The van der Waals surface area contributed by atoms with Crippen molar-refractivity contribution >= 4 is 40.5 Å². The maximum absolute atomic E-state index is 14.6. The van der Waals surface area contributed by atoms with E-state index in [2.05, 4.69) is 15.1 Å². The first-order valence-electron chi connectivity index (χ1n) is 17.7. The van der Waals surface area contributed by atoms with Gasteiger partial charge < -0.3 is 25.4 Å². The maximum Gasteiger partial charge on any atom is 0.416 e. The molecule has 54 heavy (non-hydrogen) atoms. The van der Waals surface area contributed by atoms with Crippen molar-refractivity contribution in [1.82, 2.24) is 34.0 Å². The second-order valence-electron chi connectivity index (χ2n) is 14.0. The van der Waals surface area contributed by atoms with Gasteiger partial charge in [-0.3, -0.25) is 19.0 Å². The Morgan fingerprint density at radius 2 is 1.98 bits per heavy atom. The number of aryl methyl sites for hydroxylation is 1. The standard InChI is InChI=1S/C36H39ClF3N9O5/c1-4-25-28(46-13-14-47(19(2)17-46)32(52)26-29(50)20(3)42-18-43-26)33(53)49-34(44-31(45-49)21-8-11-35(12-9-21)10-5-15-54-35)48(25)27(30(41)51)23-7-6-22(16-24(23)37)36(38,39)40/h6-8,16,18-19,27,50H,4-5,9-15,17H2,1-3H3,(H2,41,51)/t19-,27?,35?/m1/s1. The summed E-state index contributed by atoms with van der Waals surface area (Å²) in [6.45, 7) is 6.25. The third kappa shape index (κ3) is 6.46. The van der Waals surface area contributed by atoms with Gasteiger partial charge in [0, 0.05) is 42.9 Å². The van der Waals surface area contributed by atoms with Crippen LogP contribution in [0.1, 0.15) is 90.8 Å². The van der Waals surface area contributed by atoms with E-state index in [0.29, 0.717) is 25.1 Å². The van der Waals surface area contributed by atoms with Crippen LogP contribution in [0.4, 0.5) is 18.9 Å². The summed E-state index contributed by atoms with van der Waals surface area (Å²) in [4.78, 5) is 57.7. The van der Waals surface area contributed by atoms with E-state index in [0.717, 1.165) is 47.6 Å². The van der Waals surface area contributed by atoms with E-state index in [1.807, 2.05) is 6.08 Å². The average Bonchev–Trinajstić information content (AvgIpc) is 3.78. The normalized spacial score (nSPS) is 21.2. The highest BCUT2D eigenvalue weighted by molar-refractivity contribution is 6.31. The van der Waals surface area contributed by atoms with Crippen molar-refractivity contribution in [1.29, 1.82) is 0 Å². The van der Waals surface area contributed by atoms with Gasteiger partial charge in [-0.1, -0.05) is 30.7 Å². The molecule has 0 radical (unpaired) electrons. The molecule has 3 aliphatic rings. The summed E-state index contributed by atoms with van der Waals surface area (Å²) in [5.41, 5.74) is 5.62. The lowest BCUT2D eigenvalue weighted by molar-refractivity contribution is -0.137. The van der Waals surface area contributed by atoms with E-state index in [9.17, 15) is 32.7 Å². The molecule has 2 saturated heterocycles. The molecule has 2 unspecified atom stereocenters. The molecule has 18 heteroatoms. The Morgan fingerprint density at radius 1 is 1.20 bits per heavy atom. The monoisotopic (exact) mass is 769 g/mol. The smallest absolute Gasteiger partial charge is 0.416 e. The number of aromatic nitrogens is 6. The molecule has 2 fully saturated rings. The lowest BCUT2D eigenvalue weighted by Gasteiger charge is -2.41. The number of hydrogen-bond acceptors (Lipinski definition) is 10. The number of carbonyl (C=O) groups is 2. The number of carbonyl (C=O) groups excluding carboxylic acids is 2. The molecule has 1 aromatic carbocycles. The molecule has 5 heterocycles. The van der Waals surface area contributed by atoms with Gasteiger partial charge in [-0.2, -0.15) is 22.7 Å². The Hall–Kier alpha value is -5.03. The third-order valence-electron chi connectivity index (χ3n) is 10.7. The Kier molecular flexibility index (Phi) is 9.66. The second kappa shape index (κ2) is 14.0. The van der Waals surface area contributed by atoms with Crippen molar-refractivity contribution in [2.24, 2.45) is 5.73 Å². The van der Waals surface area contributed by atoms with E-state index in [1.165, 1.54) is 10.9 Å². The Balaban J connectivity index is 1.36. The Labute approximate surface area is 312 Å². The van der Waals surface area contributed by atoms with Crippen molar-refractivity contribution in [3.8, 4) is 5.75 Å². The fraction of sp³-hybridized carbons (Fsp3) is 0.472. The molecule has 2 aliphatic heterocycles. The average molecular weight is 770 g/mol. The van der Waals surface area contributed by atoms with Crippen LogP contribution in [0.3, 0.4) is 0 Å². The van der Waals surface area contributed by atoms with Gasteiger partial charge in [0.05, 0.1) is 22.6 Å². The van der Waals surface area contributed by atoms with Crippen LogP contribution in [-0.4, -0.2) is 88.8 Å². The maximum atomic E-state index is 14.6. The van der Waals surface area contributed by atoms with Crippen LogP contribution < -0.4 is 16.2 Å². The Bertz CT molecular complexity index is 2250. The molecule has 286 valence electrons. The van der Waals surface area contributed by atoms with E-state index >= 15 is 0 Å². The van der Waals surface area contributed by atoms with Gasteiger partial charge in [0.2, 0.25) is 11.7 Å². The number of hydrogen-bond donors (Lipinski definition) is 2. The number of aromatic hydroxyl groups is 1. The number of allylic oxidation sites excluding steroid dienone is 1. The zero-order valence-electron chi connectivity index (χ0n) is 29.9. The Morgan fingerprint density at radius 3 is 2.59 bits per heavy atom. The van der Waals surface area contributed by atoms with E-state index in [4.69, 9.17) is 27.1 Å². The first-order valence-corrected chi connectivity index (χ1v) is 18.1. The van der Waals surface area contributed by atoms with Crippen LogP contribution in [0, 0.1) is 6.92 Å². The predicted molar refractivity (Wildman–Crippen MR) is 191 cm³/mol. The third-order valence-corrected chi connectivity index (χ3v) is 11.0. The fourth-order valence-corrected chi connectivity index (χ4v) is 8.16. The zero-order valence-corrected chi connectivity index (χ0v) is 30.6. The summed E-state index contributed by atoms with van der Waals surface area (Å²) >= 11 is 6.49. The SMILES string of the molecule is CCc1c(N2CCN(C(=O)c3ncnc(C)c3O)[C@H](C)C2)c(=O)n2nc(C3=CCC4(CCCO4)CC3)nc2n1C(C(N)=O)c1ccc(C(F)(F)F)cc1Cl. The van der Waals surface area contributed by atoms with Gasteiger partial charge in [-0.25, -0.2) is 9.97 Å². The van der Waals surface area contributed by atoms with Crippen molar-refractivity contribution in [2.45, 2.75) is 83.2 Å². The van der Waals surface area contributed by atoms with Gasteiger partial charge in [0.15, 0.2) is 17.3 Å². The first-order chi connectivity index (χ1) is 25.6. The summed E-state index contributed by atoms with van der Waals surface area (Å²) < 4.78 is 49.6. The molecular weight excluding hydrogens is 731 g/mol. The summed E-state index contributed by atoms with van der Waals surface area (Å²) in [6, 6.07) is 0.674. The molecule has 4 aromatic rings. The highest BCUT2D eigenvalue weighted by atomic mass is 35.5. The molecule has 3 atom stereocenters. The summed E-state index contributed by atoms with van der Waals surface area (Å²) in [6.07, 6.45) is 2.55. The minimum absolute atomic E-state index is 0.0196. The molecule has 14 nitrogen and oxygen atoms in total. The molecule has 0 saturated carbocycles. The summed E-state index contributed by atoms with van der Waals surface area (Å²) in [5, 5.41) is 14.8. The van der Waals surface area contributed by atoms with Crippen LogP contribution in [-0.2, 0) is 22.1 Å². The zero-order chi connectivity index (χ0) is 38.7. The first kappa shape index (κ1) is 37.3. The second-order valence-corrected chi connectivity index (χ2v) is 14.4. The number of piperazine rings is 1. The molecule has 7 rings (SSSR count). The van der Waals surface area contributed by atoms with Crippen molar-refractivity contribution in [2.75, 3.05) is 31.1 Å². The minimum Gasteiger partial charge on any atom is -0.504 e. The van der Waals surface area contributed by atoms with Crippen LogP contribution in [0.15, 0.2) is 35.4 Å². The molecule has 1 aliphatic carbocycles. The summed E-state index contributed by atoms with van der Waals surface area (Å²) in [5.74, 6) is -1.55. The van der Waals surface area contributed by atoms with Crippen molar-refractivity contribution < 1.29 is 32.6 Å².